The van der Waals surface area contributed by atoms with Crippen LogP contribution in [-0.4, -0.2) is 52.7 Å². The number of carbonyl (C=O) groups excluding carboxylic acids is 1. The van der Waals surface area contributed by atoms with Crippen molar-refractivity contribution in [1.82, 2.24) is 14.8 Å². The van der Waals surface area contributed by atoms with Gasteiger partial charge in [-0.05, 0) is 35.7 Å². The maximum absolute atomic E-state index is 14.1. The second-order valence-corrected chi connectivity index (χ2v) is 8.21. The molecule has 0 bridgehead atoms. The molecular formula is C22H20ClF3N4O3. The summed E-state index contributed by atoms with van der Waals surface area (Å²) in [4.78, 5) is 31.4. The van der Waals surface area contributed by atoms with E-state index >= 15 is 0 Å². The number of aliphatic hydroxyl groups excluding tert-OH is 1. The second kappa shape index (κ2) is 9.05. The lowest BCUT2D eigenvalue weighted by Crippen LogP contribution is -2.46. The van der Waals surface area contributed by atoms with Crippen LogP contribution in [0.15, 0.2) is 35.1 Å². The van der Waals surface area contributed by atoms with Crippen molar-refractivity contribution in [2.75, 3.05) is 32.1 Å². The Morgan fingerprint density at radius 2 is 1.91 bits per heavy atom. The highest BCUT2D eigenvalue weighted by Gasteiger charge is 2.33. The Balaban J connectivity index is 1.77. The lowest BCUT2D eigenvalue weighted by Gasteiger charge is -2.39. The molecule has 11 heteroatoms. The average molecular weight is 481 g/mol. The molecule has 7 nitrogen and oxygen atoms in total. The van der Waals surface area contributed by atoms with Crippen LogP contribution in [0.25, 0.3) is 10.8 Å². The van der Waals surface area contributed by atoms with Crippen LogP contribution in [0.4, 0.5) is 23.7 Å². The van der Waals surface area contributed by atoms with Gasteiger partial charge in [0.25, 0.3) is 5.56 Å². The van der Waals surface area contributed by atoms with E-state index in [4.69, 9.17) is 11.6 Å². The molecule has 0 fully saturated rings. The molecule has 3 N–H and O–H groups in total. The summed E-state index contributed by atoms with van der Waals surface area (Å²) in [6.07, 6.45) is 0. The van der Waals surface area contributed by atoms with Crippen molar-refractivity contribution in [2.24, 2.45) is 0 Å². The fourth-order valence-corrected chi connectivity index (χ4v) is 4.26. The highest BCUT2D eigenvalue weighted by Crippen LogP contribution is 2.35. The number of benzene rings is 2. The summed E-state index contributed by atoms with van der Waals surface area (Å²) in [6.45, 7) is 0.641. The third kappa shape index (κ3) is 4.41. The summed E-state index contributed by atoms with van der Waals surface area (Å²) in [5, 5.41) is 12.0. The molecule has 0 aliphatic carbocycles. The van der Waals surface area contributed by atoms with Gasteiger partial charge in [-0.1, -0.05) is 11.6 Å². The third-order valence-electron chi connectivity index (χ3n) is 5.71. The first-order valence-electron chi connectivity index (χ1n) is 10.1. The molecule has 4 rings (SSSR count). The van der Waals surface area contributed by atoms with Gasteiger partial charge >= 0.3 is 6.03 Å². The molecule has 0 saturated heterocycles. The summed E-state index contributed by atoms with van der Waals surface area (Å²) in [5.74, 6) is -2.89. The van der Waals surface area contributed by atoms with Gasteiger partial charge in [-0.15, -0.1) is 0 Å². The minimum atomic E-state index is -1.15. The van der Waals surface area contributed by atoms with Crippen molar-refractivity contribution in [3.63, 3.8) is 0 Å². The first kappa shape index (κ1) is 23.1. The SMILES string of the molecule is CN(C(=O)Nc1ccc(F)c(Cl)c1)[C@H]1CN(CCO)Cc2[nH]c(=O)c3cc(F)c(F)cc3c21. The number of hydrogen-bond acceptors (Lipinski definition) is 4. The number of nitrogens with one attached hydrogen (secondary N) is 2. The van der Waals surface area contributed by atoms with Crippen LogP contribution in [0.1, 0.15) is 17.3 Å². The van der Waals surface area contributed by atoms with E-state index < -0.39 is 35.1 Å². The number of β-amino-alcohol motifs (C(OH)–C–C–N with tert-alkyl or cyclic N) is 1. The summed E-state index contributed by atoms with van der Waals surface area (Å²) in [5.41, 5.74) is 0.599. The van der Waals surface area contributed by atoms with Gasteiger partial charge in [0, 0.05) is 43.6 Å². The largest absolute Gasteiger partial charge is 0.395 e. The number of fused-ring (bicyclic) bond motifs is 3. The predicted molar refractivity (Wildman–Crippen MR) is 118 cm³/mol. The van der Waals surface area contributed by atoms with Crippen LogP contribution in [0.2, 0.25) is 5.02 Å². The molecule has 33 heavy (non-hydrogen) atoms. The van der Waals surface area contributed by atoms with E-state index in [2.05, 4.69) is 10.3 Å². The first-order valence-corrected chi connectivity index (χ1v) is 10.4. The molecule has 1 aliphatic heterocycles. The van der Waals surface area contributed by atoms with Crippen molar-refractivity contribution >= 4 is 34.1 Å². The summed E-state index contributed by atoms with van der Waals surface area (Å²) < 4.78 is 41.4. The Kier molecular flexibility index (Phi) is 6.33. The maximum atomic E-state index is 14.1. The molecule has 1 atom stereocenters. The fourth-order valence-electron chi connectivity index (χ4n) is 4.08. The van der Waals surface area contributed by atoms with Crippen molar-refractivity contribution in [1.29, 1.82) is 0 Å². The van der Waals surface area contributed by atoms with Crippen LogP contribution < -0.4 is 10.9 Å². The number of rotatable bonds is 4. The van der Waals surface area contributed by atoms with Gasteiger partial charge in [0.15, 0.2) is 11.6 Å². The number of hydrogen-bond donors (Lipinski definition) is 3. The van der Waals surface area contributed by atoms with E-state index in [1.165, 1.54) is 24.1 Å². The van der Waals surface area contributed by atoms with E-state index in [0.29, 0.717) is 11.3 Å². The lowest BCUT2D eigenvalue weighted by molar-refractivity contribution is 0.129. The summed E-state index contributed by atoms with van der Waals surface area (Å²) in [7, 11) is 1.51. The van der Waals surface area contributed by atoms with Gasteiger partial charge in [0.1, 0.15) is 5.82 Å². The Hall–Kier alpha value is -3.08. The number of amides is 2. The number of aromatic nitrogens is 1. The fraction of sp³-hybridized carbons (Fsp3) is 0.273. The van der Waals surface area contributed by atoms with Crippen LogP contribution in [-0.2, 0) is 6.54 Å². The van der Waals surface area contributed by atoms with E-state index in [9.17, 15) is 27.9 Å². The van der Waals surface area contributed by atoms with Crippen molar-refractivity contribution in [3.05, 3.63) is 74.4 Å². The zero-order valence-corrected chi connectivity index (χ0v) is 18.2. The van der Waals surface area contributed by atoms with Gasteiger partial charge in [-0.3, -0.25) is 9.69 Å². The van der Waals surface area contributed by atoms with Crippen LogP contribution in [0, 0.1) is 17.5 Å². The molecular weight excluding hydrogens is 461 g/mol. The number of halogens is 4. The number of carbonyl (C=O) groups is 1. The highest BCUT2D eigenvalue weighted by atomic mass is 35.5. The number of nitrogens with zero attached hydrogens (tertiary/aromatic N) is 2. The monoisotopic (exact) mass is 480 g/mol. The molecule has 1 aliphatic rings. The van der Waals surface area contributed by atoms with E-state index in [1.54, 1.807) is 0 Å². The number of aliphatic hydroxyl groups is 1. The van der Waals surface area contributed by atoms with Crippen LogP contribution in [0.5, 0.6) is 0 Å². The topological polar surface area (TPSA) is 88.7 Å². The quantitative estimate of drug-likeness (QED) is 0.532. The molecule has 2 aromatic carbocycles. The van der Waals surface area contributed by atoms with Gasteiger partial charge in [0.2, 0.25) is 0 Å². The normalized spacial score (nSPS) is 16.0. The molecule has 3 aromatic rings. The Morgan fingerprint density at radius 1 is 1.21 bits per heavy atom. The zero-order chi connectivity index (χ0) is 23.9. The molecule has 0 radical (unpaired) electrons. The minimum Gasteiger partial charge on any atom is -0.395 e. The van der Waals surface area contributed by atoms with Gasteiger partial charge in [0.05, 0.1) is 23.1 Å². The molecule has 2 heterocycles. The number of likely N-dealkylation sites (N-methyl/N-ethyl adjacent to an activating group) is 1. The number of pyridine rings is 1. The highest BCUT2D eigenvalue weighted by molar-refractivity contribution is 6.31. The zero-order valence-electron chi connectivity index (χ0n) is 17.5. The number of anilines is 1. The standard InChI is InChI=1S/C22H20ClF3N4O3/c1-29(22(33)27-11-2-3-15(24)14(23)6-11)19-10-30(4-5-31)9-18-20(19)12-7-16(25)17(26)8-13(12)21(32)28-18/h2-3,6-8,19,31H,4-5,9-10H2,1H3,(H,27,33)(H,28,32)/t19-/m0/s1. The van der Waals surface area contributed by atoms with Crippen molar-refractivity contribution in [2.45, 2.75) is 12.6 Å². The minimum absolute atomic E-state index is 0.0348. The van der Waals surface area contributed by atoms with Crippen molar-refractivity contribution < 1.29 is 23.1 Å². The molecule has 0 saturated carbocycles. The Bertz CT molecular complexity index is 1300. The first-order chi connectivity index (χ1) is 15.7. The van der Waals surface area contributed by atoms with Gasteiger partial charge in [-0.25, -0.2) is 18.0 Å². The summed E-state index contributed by atoms with van der Waals surface area (Å²) in [6, 6.07) is 4.28. The van der Waals surface area contributed by atoms with E-state index in [-0.39, 0.29) is 47.7 Å². The smallest absolute Gasteiger partial charge is 0.322 e. The molecule has 0 spiro atoms. The molecule has 0 unspecified atom stereocenters. The average Bonchev–Trinajstić information content (AvgIpc) is 2.77. The number of aromatic amines is 1. The molecule has 2 amide bonds. The third-order valence-corrected chi connectivity index (χ3v) is 6.00. The van der Waals surface area contributed by atoms with E-state index in [1.807, 2.05) is 4.90 Å². The number of H-pyrrole nitrogens is 1. The van der Waals surface area contributed by atoms with Crippen LogP contribution >= 0.6 is 11.6 Å². The predicted octanol–water partition coefficient (Wildman–Crippen LogP) is 3.61. The van der Waals surface area contributed by atoms with Gasteiger partial charge in [-0.2, -0.15) is 0 Å². The molecule has 174 valence electrons. The van der Waals surface area contributed by atoms with E-state index in [0.717, 1.165) is 18.2 Å². The Morgan fingerprint density at radius 3 is 2.58 bits per heavy atom. The lowest BCUT2D eigenvalue weighted by atomic mass is 9.93. The molecule has 1 aromatic heterocycles. The second-order valence-electron chi connectivity index (χ2n) is 7.80. The number of urea groups is 1. The van der Waals surface area contributed by atoms with Crippen molar-refractivity contribution in [3.8, 4) is 0 Å². The van der Waals surface area contributed by atoms with Crippen LogP contribution in [0.3, 0.4) is 0 Å². The maximum Gasteiger partial charge on any atom is 0.322 e. The summed E-state index contributed by atoms with van der Waals surface area (Å²) >= 11 is 5.78. The van der Waals surface area contributed by atoms with Gasteiger partial charge < -0.3 is 20.3 Å². The Labute approximate surface area is 191 Å².